The molecule has 1 rings (SSSR count). The van der Waals surface area contributed by atoms with Crippen LogP contribution < -0.4 is 10.5 Å². The first kappa shape index (κ1) is 13.5. The number of hydrogen-bond acceptors (Lipinski definition) is 3. The van der Waals surface area contributed by atoms with E-state index in [1.54, 1.807) is 0 Å². The van der Waals surface area contributed by atoms with E-state index in [1.807, 2.05) is 32.0 Å². The molecule has 0 saturated heterocycles. The van der Waals surface area contributed by atoms with Crippen LogP contribution >= 0.6 is 15.9 Å². The summed E-state index contributed by atoms with van der Waals surface area (Å²) in [5, 5.41) is 0. The van der Waals surface area contributed by atoms with Gasteiger partial charge >= 0.3 is 0 Å². The minimum atomic E-state index is 0.0274. The van der Waals surface area contributed by atoms with Gasteiger partial charge in [0.1, 0.15) is 11.9 Å². The monoisotopic (exact) mass is 287 g/mol. The van der Waals surface area contributed by atoms with Crippen LogP contribution in [0.2, 0.25) is 0 Å². The Labute approximate surface area is 105 Å². The lowest BCUT2D eigenvalue weighted by atomic mass is 10.2. The van der Waals surface area contributed by atoms with Gasteiger partial charge in [-0.2, -0.15) is 0 Å². The Morgan fingerprint density at radius 3 is 2.81 bits per heavy atom. The SMILES string of the molecule is CCOCC(C)Oc1cccc(Br)c1CN. The standard InChI is InChI=1S/C12H18BrNO2/c1-3-15-8-9(2)16-12-6-4-5-11(13)10(12)7-14/h4-6,9H,3,7-8,14H2,1-2H3. The highest BCUT2D eigenvalue weighted by atomic mass is 79.9. The van der Waals surface area contributed by atoms with Crippen LogP contribution in [0.5, 0.6) is 5.75 Å². The van der Waals surface area contributed by atoms with Gasteiger partial charge in [0, 0.05) is 23.2 Å². The van der Waals surface area contributed by atoms with E-state index in [0.717, 1.165) is 15.8 Å². The lowest BCUT2D eigenvalue weighted by Crippen LogP contribution is -2.20. The van der Waals surface area contributed by atoms with Crippen molar-refractivity contribution in [1.29, 1.82) is 0 Å². The van der Waals surface area contributed by atoms with Gasteiger partial charge in [0.15, 0.2) is 0 Å². The second kappa shape index (κ2) is 6.89. The minimum absolute atomic E-state index is 0.0274. The first-order valence-electron chi connectivity index (χ1n) is 5.40. The van der Waals surface area contributed by atoms with Crippen molar-refractivity contribution < 1.29 is 9.47 Å². The average Bonchev–Trinajstić information content (AvgIpc) is 2.27. The number of benzene rings is 1. The van der Waals surface area contributed by atoms with Crippen LogP contribution in [-0.2, 0) is 11.3 Å². The summed E-state index contributed by atoms with van der Waals surface area (Å²) in [7, 11) is 0. The van der Waals surface area contributed by atoms with Crippen molar-refractivity contribution in [3.05, 3.63) is 28.2 Å². The van der Waals surface area contributed by atoms with E-state index >= 15 is 0 Å². The summed E-state index contributed by atoms with van der Waals surface area (Å²) in [5.41, 5.74) is 6.68. The zero-order chi connectivity index (χ0) is 12.0. The van der Waals surface area contributed by atoms with Crippen LogP contribution in [0.25, 0.3) is 0 Å². The zero-order valence-corrected chi connectivity index (χ0v) is 11.3. The Bertz CT molecular complexity index is 331. The van der Waals surface area contributed by atoms with Crippen LogP contribution in [0, 0.1) is 0 Å². The fourth-order valence-electron chi connectivity index (χ4n) is 1.38. The van der Waals surface area contributed by atoms with Crippen molar-refractivity contribution in [2.75, 3.05) is 13.2 Å². The van der Waals surface area contributed by atoms with E-state index in [1.165, 1.54) is 0 Å². The molecule has 2 N–H and O–H groups in total. The molecule has 0 spiro atoms. The summed E-state index contributed by atoms with van der Waals surface area (Å²) in [6, 6.07) is 5.82. The maximum absolute atomic E-state index is 5.78. The first-order valence-corrected chi connectivity index (χ1v) is 6.20. The van der Waals surface area contributed by atoms with Gasteiger partial charge in [-0.15, -0.1) is 0 Å². The molecule has 0 aliphatic carbocycles. The molecule has 0 saturated carbocycles. The quantitative estimate of drug-likeness (QED) is 0.875. The molecule has 0 amide bonds. The van der Waals surface area contributed by atoms with Gasteiger partial charge in [0.2, 0.25) is 0 Å². The summed E-state index contributed by atoms with van der Waals surface area (Å²) in [4.78, 5) is 0. The smallest absolute Gasteiger partial charge is 0.125 e. The van der Waals surface area contributed by atoms with Crippen LogP contribution in [0.15, 0.2) is 22.7 Å². The van der Waals surface area contributed by atoms with E-state index in [4.69, 9.17) is 15.2 Å². The molecule has 1 atom stereocenters. The number of rotatable bonds is 6. The molecule has 16 heavy (non-hydrogen) atoms. The molecular weight excluding hydrogens is 270 g/mol. The summed E-state index contributed by atoms with van der Waals surface area (Å²) in [5.74, 6) is 0.823. The number of nitrogens with two attached hydrogens (primary N) is 1. The Hall–Kier alpha value is -0.580. The first-order chi connectivity index (χ1) is 7.69. The van der Waals surface area contributed by atoms with Gasteiger partial charge in [-0.1, -0.05) is 22.0 Å². The Morgan fingerprint density at radius 2 is 2.19 bits per heavy atom. The molecule has 0 heterocycles. The third-order valence-electron chi connectivity index (χ3n) is 2.16. The molecule has 90 valence electrons. The van der Waals surface area contributed by atoms with Gasteiger partial charge in [-0.3, -0.25) is 0 Å². The predicted octanol–water partition coefficient (Wildman–Crippen LogP) is 2.71. The number of hydrogen-bond donors (Lipinski definition) is 1. The molecule has 0 bridgehead atoms. The second-order valence-corrected chi connectivity index (χ2v) is 4.36. The minimum Gasteiger partial charge on any atom is -0.488 e. The van der Waals surface area contributed by atoms with E-state index in [2.05, 4.69) is 15.9 Å². The fraction of sp³-hybridized carbons (Fsp3) is 0.500. The third-order valence-corrected chi connectivity index (χ3v) is 2.91. The number of halogens is 1. The van der Waals surface area contributed by atoms with Crippen molar-refractivity contribution in [3.63, 3.8) is 0 Å². The highest BCUT2D eigenvalue weighted by Crippen LogP contribution is 2.26. The zero-order valence-electron chi connectivity index (χ0n) is 9.70. The lowest BCUT2D eigenvalue weighted by Gasteiger charge is -2.17. The number of ether oxygens (including phenoxy) is 2. The molecule has 3 nitrogen and oxygen atoms in total. The molecule has 0 aliphatic heterocycles. The van der Waals surface area contributed by atoms with E-state index in [0.29, 0.717) is 19.8 Å². The third kappa shape index (κ3) is 3.77. The summed E-state index contributed by atoms with van der Waals surface area (Å²) in [6.45, 7) is 5.70. The molecule has 0 aliphatic rings. The molecule has 0 aromatic heterocycles. The Morgan fingerprint density at radius 1 is 1.44 bits per heavy atom. The highest BCUT2D eigenvalue weighted by Gasteiger charge is 2.09. The van der Waals surface area contributed by atoms with Crippen molar-refractivity contribution in [2.45, 2.75) is 26.5 Å². The van der Waals surface area contributed by atoms with Crippen molar-refractivity contribution in [2.24, 2.45) is 5.73 Å². The summed E-state index contributed by atoms with van der Waals surface area (Å²) in [6.07, 6.45) is 0.0274. The second-order valence-electron chi connectivity index (χ2n) is 3.51. The molecule has 0 fully saturated rings. The highest BCUT2D eigenvalue weighted by molar-refractivity contribution is 9.10. The maximum Gasteiger partial charge on any atom is 0.125 e. The molecule has 0 radical (unpaired) electrons. The molecule has 1 aromatic carbocycles. The largest absolute Gasteiger partial charge is 0.488 e. The van der Waals surface area contributed by atoms with Gasteiger partial charge in [-0.05, 0) is 26.0 Å². The normalized spacial score (nSPS) is 12.5. The predicted molar refractivity (Wildman–Crippen MR) is 68.6 cm³/mol. The Balaban J connectivity index is 2.69. The molecular formula is C12H18BrNO2. The lowest BCUT2D eigenvalue weighted by molar-refractivity contribution is 0.0652. The topological polar surface area (TPSA) is 44.5 Å². The van der Waals surface area contributed by atoms with E-state index in [9.17, 15) is 0 Å². The van der Waals surface area contributed by atoms with Crippen LogP contribution in [0.1, 0.15) is 19.4 Å². The van der Waals surface area contributed by atoms with Crippen molar-refractivity contribution in [1.82, 2.24) is 0 Å². The van der Waals surface area contributed by atoms with Gasteiger partial charge in [0.05, 0.1) is 6.61 Å². The van der Waals surface area contributed by atoms with Crippen LogP contribution in [-0.4, -0.2) is 19.3 Å². The van der Waals surface area contributed by atoms with Gasteiger partial charge in [0.25, 0.3) is 0 Å². The van der Waals surface area contributed by atoms with E-state index in [-0.39, 0.29) is 6.10 Å². The molecule has 1 aromatic rings. The maximum atomic E-state index is 5.78. The van der Waals surface area contributed by atoms with Crippen LogP contribution in [0.3, 0.4) is 0 Å². The molecule has 4 heteroatoms. The average molecular weight is 288 g/mol. The van der Waals surface area contributed by atoms with Gasteiger partial charge in [-0.25, -0.2) is 0 Å². The summed E-state index contributed by atoms with van der Waals surface area (Å²) < 4.78 is 12.1. The van der Waals surface area contributed by atoms with E-state index < -0.39 is 0 Å². The fourth-order valence-corrected chi connectivity index (χ4v) is 1.89. The summed E-state index contributed by atoms with van der Waals surface area (Å²) >= 11 is 3.46. The van der Waals surface area contributed by atoms with Crippen molar-refractivity contribution in [3.8, 4) is 5.75 Å². The van der Waals surface area contributed by atoms with Crippen molar-refractivity contribution >= 4 is 15.9 Å². The molecule has 1 unspecified atom stereocenters. The Kier molecular flexibility index (Phi) is 5.80. The van der Waals surface area contributed by atoms with Crippen LogP contribution in [0.4, 0.5) is 0 Å². The van der Waals surface area contributed by atoms with Gasteiger partial charge < -0.3 is 15.2 Å².